The second-order valence-corrected chi connectivity index (χ2v) is 5.91. The Morgan fingerprint density at radius 1 is 1.31 bits per heavy atom. The molecule has 1 aliphatic carbocycles. The van der Waals surface area contributed by atoms with E-state index in [-0.39, 0.29) is 0 Å². The fourth-order valence-corrected chi connectivity index (χ4v) is 3.06. The number of hydrogen-bond acceptors (Lipinski definition) is 4. The van der Waals surface area contributed by atoms with Gasteiger partial charge in [-0.05, 0) is 12.8 Å². The lowest BCUT2D eigenvalue weighted by atomic mass is 9.93. The summed E-state index contributed by atoms with van der Waals surface area (Å²) in [6.07, 6.45) is 1.89. The van der Waals surface area contributed by atoms with E-state index >= 15 is 0 Å². The third-order valence-corrected chi connectivity index (χ3v) is 4.05. The molecule has 1 rings (SSSR count). The maximum atomic E-state index is 11.5. The molecule has 94 valence electrons. The van der Waals surface area contributed by atoms with E-state index in [1.54, 1.807) is 0 Å². The topological polar surface area (TPSA) is 104 Å². The Morgan fingerprint density at radius 2 is 1.94 bits per heavy atom. The van der Waals surface area contributed by atoms with E-state index in [4.69, 9.17) is 5.11 Å². The molecule has 0 amide bonds. The maximum Gasteiger partial charge on any atom is 0.304 e. The van der Waals surface area contributed by atoms with Crippen LogP contribution in [0.2, 0.25) is 0 Å². The zero-order valence-electron chi connectivity index (χ0n) is 8.92. The predicted molar refractivity (Wildman–Crippen MR) is 57.4 cm³/mol. The summed E-state index contributed by atoms with van der Waals surface area (Å²) in [7, 11) is -3.60. The summed E-state index contributed by atoms with van der Waals surface area (Å²) < 4.78 is 25.3. The van der Waals surface area contributed by atoms with E-state index in [1.165, 1.54) is 0 Å². The molecule has 7 heteroatoms. The third kappa shape index (κ3) is 4.46. The highest BCUT2D eigenvalue weighted by atomic mass is 32.2. The third-order valence-electron chi connectivity index (χ3n) is 2.65. The summed E-state index contributed by atoms with van der Waals surface area (Å²) in [5, 5.41) is 18.0. The SMILES string of the molecule is O=C(O)CCS(=O)(=O)N[C@H]1CCCC[C@@H]1O. The summed E-state index contributed by atoms with van der Waals surface area (Å²) >= 11 is 0. The zero-order valence-corrected chi connectivity index (χ0v) is 9.74. The Kier molecular flexibility index (Phi) is 4.69. The molecule has 0 aromatic rings. The normalized spacial score (nSPS) is 26.6. The van der Waals surface area contributed by atoms with Crippen molar-refractivity contribution in [3.8, 4) is 0 Å². The number of sulfonamides is 1. The first-order valence-corrected chi connectivity index (χ1v) is 6.96. The van der Waals surface area contributed by atoms with E-state index in [1.807, 2.05) is 0 Å². The number of aliphatic hydroxyl groups excluding tert-OH is 1. The Morgan fingerprint density at radius 3 is 2.50 bits per heavy atom. The van der Waals surface area contributed by atoms with Crippen molar-refractivity contribution >= 4 is 16.0 Å². The number of aliphatic hydroxyl groups is 1. The van der Waals surface area contributed by atoms with Crippen molar-refractivity contribution in [2.75, 3.05) is 5.75 Å². The van der Waals surface area contributed by atoms with E-state index in [0.717, 1.165) is 12.8 Å². The molecule has 0 radical (unpaired) electrons. The molecule has 0 aliphatic heterocycles. The van der Waals surface area contributed by atoms with E-state index in [2.05, 4.69) is 4.72 Å². The number of carboxylic acids is 1. The summed E-state index contributed by atoms with van der Waals surface area (Å²) in [6.45, 7) is 0. The smallest absolute Gasteiger partial charge is 0.304 e. The van der Waals surface area contributed by atoms with Gasteiger partial charge < -0.3 is 10.2 Å². The molecule has 1 saturated carbocycles. The van der Waals surface area contributed by atoms with Crippen LogP contribution < -0.4 is 4.72 Å². The molecule has 0 aromatic heterocycles. The van der Waals surface area contributed by atoms with Crippen molar-refractivity contribution in [2.45, 2.75) is 44.2 Å². The standard InChI is InChI=1S/C9H17NO5S/c11-8-4-2-1-3-7(8)10-16(14,15)6-5-9(12)13/h7-8,10-11H,1-6H2,(H,12,13)/t7-,8-/m0/s1. The number of hydrogen-bond donors (Lipinski definition) is 3. The van der Waals surface area contributed by atoms with Gasteiger partial charge in [0.1, 0.15) is 0 Å². The van der Waals surface area contributed by atoms with Crippen LogP contribution in [0.3, 0.4) is 0 Å². The van der Waals surface area contributed by atoms with Crippen molar-refractivity contribution in [2.24, 2.45) is 0 Å². The molecule has 0 saturated heterocycles. The Balaban J connectivity index is 2.47. The van der Waals surface area contributed by atoms with Crippen LogP contribution in [0.4, 0.5) is 0 Å². The first-order valence-electron chi connectivity index (χ1n) is 5.30. The van der Waals surface area contributed by atoms with Crippen LogP contribution in [0, 0.1) is 0 Å². The van der Waals surface area contributed by atoms with Crippen LogP contribution >= 0.6 is 0 Å². The number of rotatable bonds is 5. The Hall–Kier alpha value is -0.660. The van der Waals surface area contributed by atoms with Gasteiger partial charge in [0.25, 0.3) is 0 Å². The first kappa shape index (κ1) is 13.4. The minimum Gasteiger partial charge on any atom is -0.481 e. The Labute approximate surface area is 94.7 Å². The molecular formula is C9H17NO5S. The number of carbonyl (C=O) groups is 1. The number of nitrogens with one attached hydrogen (secondary N) is 1. The van der Waals surface area contributed by atoms with Crippen molar-refractivity contribution < 1.29 is 23.4 Å². The maximum absolute atomic E-state index is 11.5. The van der Waals surface area contributed by atoms with E-state index in [0.29, 0.717) is 12.8 Å². The minimum atomic E-state index is -3.60. The van der Waals surface area contributed by atoms with Gasteiger partial charge in [-0.15, -0.1) is 0 Å². The first-order chi connectivity index (χ1) is 7.41. The molecule has 0 bridgehead atoms. The molecule has 0 spiro atoms. The molecule has 1 aliphatic rings. The van der Waals surface area contributed by atoms with Gasteiger partial charge in [0, 0.05) is 6.04 Å². The van der Waals surface area contributed by atoms with Crippen molar-refractivity contribution in [3.63, 3.8) is 0 Å². The van der Waals surface area contributed by atoms with Crippen LogP contribution in [0.1, 0.15) is 32.1 Å². The van der Waals surface area contributed by atoms with Gasteiger partial charge in [-0.25, -0.2) is 13.1 Å². The van der Waals surface area contributed by atoms with Gasteiger partial charge >= 0.3 is 5.97 Å². The van der Waals surface area contributed by atoms with Crippen molar-refractivity contribution in [1.29, 1.82) is 0 Å². The largest absolute Gasteiger partial charge is 0.481 e. The molecule has 0 aromatic carbocycles. The van der Waals surface area contributed by atoms with Gasteiger partial charge in [0.2, 0.25) is 10.0 Å². The van der Waals surface area contributed by atoms with Crippen molar-refractivity contribution in [3.05, 3.63) is 0 Å². The highest BCUT2D eigenvalue weighted by Gasteiger charge is 2.27. The summed E-state index contributed by atoms with van der Waals surface area (Å²) in [5.41, 5.74) is 0. The highest BCUT2D eigenvalue weighted by Crippen LogP contribution is 2.19. The lowest BCUT2D eigenvalue weighted by Gasteiger charge is -2.27. The molecule has 3 N–H and O–H groups in total. The average molecular weight is 251 g/mol. The van der Waals surface area contributed by atoms with E-state index in [9.17, 15) is 18.3 Å². The monoisotopic (exact) mass is 251 g/mol. The molecule has 0 unspecified atom stereocenters. The highest BCUT2D eigenvalue weighted by molar-refractivity contribution is 7.89. The summed E-state index contributed by atoms with van der Waals surface area (Å²) in [5.74, 6) is -1.58. The molecule has 6 nitrogen and oxygen atoms in total. The van der Waals surface area contributed by atoms with Crippen LogP contribution in [-0.4, -0.2) is 42.5 Å². The van der Waals surface area contributed by atoms with Crippen LogP contribution in [0.15, 0.2) is 0 Å². The second kappa shape index (κ2) is 5.60. The fourth-order valence-electron chi connectivity index (χ4n) is 1.76. The quantitative estimate of drug-likeness (QED) is 0.621. The molecule has 16 heavy (non-hydrogen) atoms. The zero-order chi connectivity index (χ0) is 12.2. The number of carboxylic acid groups (broad SMARTS) is 1. The van der Waals surface area contributed by atoms with Gasteiger partial charge in [-0.1, -0.05) is 12.8 Å². The van der Waals surface area contributed by atoms with Gasteiger partial charge in [-0.2, -0.15) is 0 Å². The predicted octanol–water partition coefficient (Wildman–Crippen LogP) is -0.316. The lowest BCUT2D eigenvalue weighted by molar-refractivity contribution is -0.136. The summed E-state index contributed by atoms with van der Waals surface area (Å²) in [6, 6.07) is -0.465. The molecule has 0 heterocycles. The summed E-state index contributed by atoms with van der Waals surface area (Å²) in [4.78, 5) is 10.3. The van der Waals surface area contributed by atoms with Crippen LogP contribution in [0.5, 0.6) is 0 Å². The fraction of sp³-hybridized carbons (Fsp3) is 0.889. The number of aliphatic carboxylic acids is 1. The van der Waals surface area contributed by atoms with Crippen LogP contribution in [-0.2, 0) is 14.8 Å². The minimum absolute atomic E-state index is 0.419. The molecule has 1 fully saturated rings. The Bertz CT molecular complexity index is 340. The van der Waals surface area contributed by atoms with Crippen molar-refractivity contribution in [1.82, 2.24) is 4.72 Å². The lowest BCUT2D eigenvalue weighted by Crippen LogP contribution is -2.45. The van der Waals surface area contributed by atoms with Gasteiger partial charge in [0.15, 0.2) is 0 Å². The van der Waals surface area contributed by atoms with Gasteiger partial charge in [-0.3, -0.25) is 4.79 Å². The molecular weight excluding hydrogens is 234 g/mol. The van der Waals surface area contributed by atoms with E-state index < -0.39 is 40.3 Å². The second-order valence-electron chi connectivity index (χ2n) is 4.04. The average Bonchev–Trinajstić information content (AvgIpc) is 2.19. The van der Waals surface area contributed by atoms with Gasteiger partial charge in [0.05, 0.1) is 18.3 Å². The molecule has 2 atom stereocenters. The van der Waals surface area contributed by atoms with Crippen LogP contribution in [0.25, 0.3) is 0 Å².